The summed E-state index contributed by atoms with van der Waals surface area (Å²) in [6.45, 7) is 1.03. The first-order chi connectivity index (χ1) is 13.6. The number of aliphatic hydroxyl groups is 1. The fourth-order valence-corrected chi connectivity index (χ4v) is 6.34. The van der Waals surface area contributed by atoms with Crippen molar-refractivity contribution >= 4 is 0 Å². The number of hydrogen-bond donors (Lipinski definition) is 1. The molecule has 5 atom stereocenters. The van der Waals surface area contributed by atoms with Gasteiger partial charge in [0.25, 0.3) is 0 Å². The summed E-state index contributed by atoms with van der Waals surface area (Å²) in [5.74, 6) is 2.01. The molecular weight excluding hydrogens is 350 g/mol. The van der Waals surface area contributed by atoms with Crippen LogP contribution in [0.2, 0.25) is 0 Å². The zero-order valence-corrected chi connectivity index (χ0v) is 16.3. The molecule has 6 rings (SSSR count). The van der Waals surface area contributed by atoms with Gasteiger partial charge in [-0.2, -0.15) is 0 Å². The molecule has 2 aliphatic carbocycles. The van der Waals surface area contributed by atoms with Crippen LogP contribution >= 0.6 is 0 Å². The van der Waals surface area contributed by atoms with Crippen LogP contribution < -0.4 is 9.47 Å². The number of methoxy groups -OCH3 is 1. The van der Waals surface area contributed by atoms with E-state index in [2.05, 4.69) is 54.4 Å². The molecule has 0 unspecified atom stereocenters. The van der Waals surface area contributed by atoms with Crippen molar-refractivity contribution in [2.24, 2.45) is 5.92 Å². The van der Waals surface area contributed by atoms with E-state index in [0.717, 1.165) is 30.9 Å². The van der Waals surface area contributed by atoms with E-state index in [4.69, 9.17) is 9.47 Å². The van der Waals surface area contributed by atoms with Crippen molar-refractivity contribution in [2.45, 2.75) is 36.5 Å². The second-order valence-corrected chi connectivity index (χ2v) is 8.66. The molecule has 0 aromatic heterocycles. The molecule has 1 saturated heterocycles. The number of piperidine rings is 1. The fourth-order valence-electron chi connectivity index (χ4n) is 6.34. The van der Waals surface area contributed by atoms with Crippen LogP contribution in [-0.4, -0.2) is 49.0 Å². The Morgan fingerprint density at radius 1 is 1.21 bits per heavy atom. The van der Waals surface area contributed by atoms with E-state index in [1.54, 1.807) is 7.11 Å². The number of nitrogens with zero attached hydrogens (tertiary/aromatic N) is 1. The van der Waals surface area contributed by atoms with Gasteiger partial charge in [0, 0.05) is 22.9 Å². The monoisotopic (exact) mass is 375 g/mol. The summed E-state index contributed by atoms with van der Waals surface area (Å²) >= 11 is 0. The number of ether oxygens (including phenoxy) is 2. The topological polar surface area (TPSA) is 41.9 Å². The highest BCUT2D eigenvalue weighted by atomic mass is 16.5. The Morgan fingerprint density at radius 3 is 2.82 bits per heavy atom. The summed E-state index contributed by atoms with van der Waals surface area (Å²) < 4.78 is 12.3. The van der Waals surface area contributed by atoms with Gasteiger partial charge < -0.3 is 19.5 Å². The van der Waals surface area contributed by atoms with Gasteiger partial charge in [-0.15, -0.1) is 0 Å². The second-order valence-electron chi connectivity index (χ2n) is 8.66. The van der Waals surface area contributed by atoms with Crippen molar-refractivity contribution < 1.29 is 14.6 Å². The van der Waals surface area contributed by atoms with Crippen LogP contribution in [0.5, 0.6) is 11.5 Å². The number of benzene rings is 2. The van der Waals surface area contributed by atoms with Crippen molar-refractivity contribution in [1.29, 1.82) is 0 Å². The molecule has 28 heavy (non-hydrogen) atoms. The maximum Gasteiger partial charge on any atom is 0.166 e. The molecule has 0 saturated carbocycles. The number of rotatable bonds is 2. The van der Waals surface area contributed by atoms with Gasteiger partial charge in [-0.25, -0.2) is 0 Å². The summed E-state index contributed by atoms with van der Waals surface area (Å²) in [6, 6.07) is 13.1. The molecule has 2 aromatic rings. The Bertz CT molecular complexity index is 985. The van der Waals surface area contributed by atoms with Crippen LogP contribution in [0.1, 0.15) is 17.5 Å². The molecule has 4 aliphatic rings. The van der Waals surface area contributed by atoms with Gasteiger partial charge in [0.1, 0.15) is 12.2 Å². The van der Waals surface area contributed by atoms with Gasteiger partial charge in [0.15, 0.2) is 11.5 Å². The van der Waals surface area contributed by atoms with Crippen LogP contribution in [-0.2, 0) is 11.8 Å². The smallest absolute Gasteiger partial charge is 0.166 e. The van der Waals surface area contributed by atoms with E-state index >= 15 is 0 Å². The van der Waals surface area contributed by atoms with E-state index in [-0.39, 0.29) is 11.5 Å². The highest BCUT2D eigenvalue weighted by molar-refractivity contribution is 5.77. The molecule has 0 radical (unpaired) electrons. The minimum Gasteiger partial charge on any atom is -0.493 e. The van der Waals surface area contributed by atoms with Gasteiger partial charge >= 0.3 is 0 Å². The third-order valence-electron chi connectivity index (χ3n) is 7.57. The average molecular weight is 375 g/mol. The van der Waals surface area contributed by atoms with E-state index < -0.39 is 6.10 Å². The van der Waals surface area contributed by atoms with Crippen LogP contribution in [0, 0.1) is 5.92 Å². The highest BCUT2D eigenvalue weighted by Gasteiger charge is 2.64. The number of hydrogen-bond acceptors (Lipinski definition) is 4. The fraction of sp³-hybridized carbons (Fsp3) is 0.417. The van der Waals surface area contributed by atoms with Crippen molar-refractivity contribution in [3.63, 3.8) is 0 Å². The average Bonchev–Trinajstić information content (AvgIpc) is 3.08. The quantitative estimate of drug-likeness (QED) is 0.819. The van der Waals surface area contributed by atoms with Crippen molar-refractivity contribution in [1.82, 2.24) is 4.90 Å². The molecule has 2 heterocycles. The van der Waals surface area contributed by atoms with Gasteiger partial charge in [0.2, 0.25) is 0 Å². The lowest BCUT2D eigenvalue weighted by Gasteiger charge is -2.56. The zero-order valence-electron chi connectivity index (χ0n) is 16.3. The predicted molar refractivity (Wildman–Crippen MR) is 108 cm³/mol. The summed E-state index contributed by atoms with van der Waals surface area (Å²) in [4.78, 5) is 2.49. The molecule has 2 aromatic carbocycles. The van der Waals surface area contributed by atoms with E-state index in [9.17, 15) is 5.11 Å². The summed E-state index contributed by atoms with van der Waals surface area (Å²) in [5, 5.41) is 10.8. The lowest BCUT2D eigenvalue weighted by atomic mass is 9.53. The SMILES string of the molecule is COc1cc(-c2ccccc2)c2c3c1O[C@H]1[C@@H](O)C=C[C@@H]4[C@@H](C2)N(C)CC[C@@]341. The molecule has 1 spiro atoms. The van der Waals surface area contributed by atoms with Gasteiger partial charge in [-0.05, 0) is 49.2 Å². The van der Waals surface area contributed by atoms with Crippen LogP contribution in [0.3, 0.4) is 0 Å². The normalized spacial score (nSPS) is 34.7. The Hall–Kier alpha value is -2.30. The van der Waals surface area contributed by atoms with E-state index in [1.807, 2.05) is 6.08 Å². The zero-order chi connectivity index (χ0) is 19.0. The summed E-state index contributed by atoms with van der Waals surface area (Å²) in [6.07, 6.45) is 5.39. The minimum atomic E-state index is -0.580. The summed E-state index contributed by atoms with van der Waals surface area (Å²) in [7, 11) is 3.95. The van der Waals surface area contributed by atoms with Gasteiger partial charge in [0.05, 0.1) is 7.11 Å². The van der Waals surface area contributed by atoms with Crippen LogP contribution in [0.15, 0.2) is 48.6 Å². The van der Waals surface area contributed by atoms with Crippen molar-refractivity contribution in [3.05, 3.63) is 59.7 Å². The Balaban J connectivity index is 1.69. The number of likely N-dealkylation sites (N-methyl/N-ethyl adjacent to an activating group) is 1. The standard InChI is InChI=1S/C24H25NO3/c1-25-11-10-24-17-8-9-19(26)23(24)28-22-20(27-2)13-15(14-6-4-3-5-7-14)16(21(22)24)12-18(17)25/h3-9,13,17-19,23,26H,10-12H2,1-2H3/t17-,18-,19+,23+,24+/m1/s1. The van der Waals surface area contributed by atoms with Crippen LogP contribution in [0.25, 0.3) is 11.1 Å². The van der Waals surface area contributed by atoms with Crippen molar-refractivity contribution in [2.75, 3.05) is 20.7 Å². The minimum absolute atomic E-state index is 0.160. The molecule has 0 amide bonds. The molecule has 4 heteroatoms. The molecule has 4 nitrogen and oxygen atoms in total. The third-order valence-corrected chi connectivity index (χ3v) is 7.57. The Morgan fingerprint density at radius 2 is 2.04 bits per heavy atom. The van der Waals surface area contributed by atoms with E-state index in [0.29, 0.717) is 12.0 Å². The van der Waals surface area contributed by atoms with Gasteiger partial charge in [-0.3, -0.25) is 0 Å². The second kappa shape index (κ2) is 5.62. The first-order valence-electron chi connectivity index (χ1n) is 10.2. The number of likely N-dealkylation sites (tertiary alicyclic amines) is 1. The van der Waals surface area contributed by atoms with Gasteiger partial charge in [-0.1, -0.05) is 42.5 Å². The first kappa shape index (κ1) is 16.6. The molecule has 144 valence electrons. The first-order valence-corrected chi connectivity index (χ1v) is 10.2. The molecule has 1 fully saturated rings. The van der Waals surface area contributed by atoms with Crippen LogP contribution in [0.4, 0.5) is 0 Å². The third kappa shape index (κ3) is 1.88. The largest absolute Gasteiger partial charge is 0.493 e. The molecule has 2 aliphatic heterocycles. The van der Waals surface area contributed by atoms with E-state index in [1.165, 1.54) is 22.3 Å². The summed E-state index contributed by atoms with van der Waals surface area (Å²) in [5.41, 5.74) is 4.96. The lowest BCUT2D eigenvalue weighted by Crippen LogP contribution is -2.64. The predicted octanol–water partition coefficient (Wildman–Crippen LogP) is 3.17. The maximum atomic E-state index is 10.8. The molecule has 1 N–H and O–H groups in total. The lowest BCUT2D eigenvalue weighted by molar-refractivity contribution is -0.0452. The Labute approximate surface area is 165 Å². The Kier molecular flexibility index (Phi) is 3.34. The molecule has 2 bridgehead atoms. The van der Waals surface area contributed by atoms with Crippen molar-refractivity contribution in [3.8, 4) is 22.6 Å². The molecular formula is C24H25NO3. The number of aliphatic hydroxyl groups excluding tert-OH is 1. The highest BCUT2D eigenvalue weighted by Crippen LogP contribution is 2.63. The maximum absolute atomic E-state index is 10.8.